The molecule has 0 spiro atoms. The molecule has 66 heavy (non-hydrogen) atoms. The van der Waals surface area contributed by atoms with Crippen molar-refractivity contribution in [1.82, 2.24) is 13.8 Å². The van der Waals surface area contributed by atoms with Crippen LogP contribution in [0.5, 0.6) is 0 Å². The van der Waals surface area contributed by atoms with E-state index >= 15 is 0 Å². The maximum absolute atomic E-state index is 5.99. The third kappa shape index (κ3) is 4.70. The van der Waals surface area contributed by atoms with Gasteiger partial charge in [-0.3, -0.25) is 4.40 Å². The molecule has 0 aliphatic heterocycles. The van der Waals surface area contributed by atoms with Crippen LogP contribution in [0.2, 0.25) is 0 Å². The first kappa shape index (κ1) is 35.5. The average Bonchev–Trinajstić information content (AvgIpc) is 4.10. The lowest BCUT2D eigenvalue weighted by Crippen LogP contribution is -2.11. The van der Waals surface area contributed by atoms with Crippen molar-refractivity contribution in [3.8, 4) is 0 Å². The maximum Gasteiger partial charge on any atom is 0.146 e. The largest absolute Gasteiger partial charge is 0.308 e. The summed E-state index contributed by atoms with van der Waals surface area (Å²) in [7, 11) is 0. The summed E-state index contributed by atoms with van der Waals surface area (Å²) in [6.45, 7) is 0. The van der Waals surface area contributed by atoms with Crippen molar-refractivity contribution in [3.63, 3.8) is 0 Å². The van der Waals surface area contributed by atoms with Gasteiger partial charge in [-0.25, -0.2) is 4.98 Å². The molecule has 15 rings (SSSR count). The van der Waals surface area contributed by atoms with Gasteiger partial charge in [0.15, 0.2) is 0 Å². The van der Waals surface area contributed by atoms with Crippen LogP contribution in [0, 0.1) is 0 Å². The summed E-state index contributed by atoms with van der Waals surface area (Å²) < 4.78 is 5.02. The lowest BCUT2D eigenvalue weighted by atomic mass is 10.0. The molecule has 5 heteroatoms. The Labute approximate surface area is 378 Å². The fourth-order valence-corrected chi connectivity index (χ4v) is 11.4. The zero-order valence-electron chi connectivity index (χ0n) is 35.6. The van der Waals surface area contributed by atoms with Crippen molar-refractivity contribution in [3.05, 3.63) is 224 Å². The minimum Gasteiger partial charge on any atom is -0.308 e. The first-order chi connectivity index (χ1) is 32.8. The van der Waals surface area contributed by atoms with Gasteiger partial charge in [-0.15, -0.1) is 0 Å². The zero-order valence-corrected chi connectivity index (χ0v) is 35.6. The Kier molecular flexibility index (Phi) is 7.16. The number of pyridine rings is 1. The van der Waals surface area contributed by atoms with E-state index in [1.165, 1.54) is 64.9 Å². The molecule has 0 unspecified atom stereocenters. The van der Waals surface area contributed by atoms with E-state index in [-0.39, 0.29) is 0 Å². The highest BCUT2D eigenvalue weighted by Crippen LogP contribution is 2.51. The van der Waals surface area contributed by atoms with Gasteiger partial charge in [0.25, 0.3) is 0 Å². The summed E-state index contributed by atoms with van der Waals surface area (Å²) in [5.41, 5.74) is 14.4. The summed E-state index contributed by atoms with van der Waals surface area (Å²) in [6.07, 6.45) is 0. The minimum absolute atomic E-state index is 0.958. The van der Waals surface area contributed by atoms with Gasteiger partial charge in [-0.05, 0) is 89.0 Å². The predicted octanol–water partition coefficient (Wildman–Crippen LogP) is 16.6. The Bertz CT molecular complexity index is 4310. The molecule has 0 aliphatic rings. The SMILES string of the molecule is c1ccc(N(c2ccccc2)c2cccc3c4cc5ccccc5c5c6nc7c(cc6n(c23)c45)c2cccc3c4cc5ccccc5c(N(c5ccccc5)c5ccccc5)c4n7c23)cc1. The summed E-state index contributed by atoms with van der Waals surface area (Å²) in [5.74, 6) is 0. The second-order valence-corrected chi connectivity index (χ2v) is 17.5. The number of para-hydroxylation sites is 6. The molecule has 0 saturated carbocycles. The molecular weight excluding hydrogens is 803 g/mol. The van der Waals surface area contributed by atoms with Gasteiger partial charge in [-0.1, -0.05) is 152 Å². The fourth-order valence-electron chi connectivity index (χ4n) is 11.4. The van der Waals surface area contributed by atoms with Gasteiger partial charge in [0.05, 0.1) is 44.5 Å². The van der Waals surface area contributed by atoms with Crippen LogP contribution in [0.25, 0.3) is 98.0 Å². The lowest BCUT2D eigenvalue weighted by molar-refractivity contribution is 1.25. The maximum atomic E-state index is 5.99. The molecule has 0 amide bonds. The quantitative estimate of drug-likeness (QED) is 0.167. The van der Waals surface area contributed by atoms with E-state index in [1.807, 2.05) is 0 Å². The van der Waals surface area contributed by atoms with Crippen LogP contribution in [0.4, 0.5) is 34.1 Å². The molecule has 0 fully saturated rings. The van der Waals surface area contributed by atoms with Gasteiger partial charge in [0, 0.05) is 65.8 Å². The Morgan fingerprint density at radius 3 is 1.41 bits per heavy atom. The van der Waals surface area contributed by atoms with Crippen LogP contribution < -0.4 is 9.80 Å². The van der Waals surface area contributed by atoms with Crippen molar-refractivity contribution < 1.29 is 0 Å². The van der Waals surface area contributed by atoms with E-state index in [0.29, 0.717) is 0 Å². The molecule has 0 N–H and O–H groups in total. The van der Waals surface area contributed by atoms with Crippen molar-refractivity contribution >= 4 is 132 Å². The number of hydrogen-bond donors (Lipinski definition) is 0. The number of aromatic nitrogens is 3. The van der Waals surface area contributed by atoms with E-state index in [0.717, 1.165) is 67.2 Å². The minimum atomic E-state index is 0.958. The summed E-state index contributed by atoms with van der Waals surface area (Å²) >= 11 is 0. The van der Waals surface area contributed by atoms with Crippen LogP contribution in [0.3, 0.4) is 0 Å². The predicted molar refractivity (Wildman–Crippen MR) is 278 cm³/mol. The molecule has 0 radical (unpaired) electrons. The summed E-state index contributed by atoms with van der Waals surface area (Å²) in [5, 5.41) is 13.2. The fraction of sp³-hybridized carbons (Fsp3) is 0. The number of hydrogen-bond acceptors (Lipinski definition) is 3. The van der Waals surface area contributed by atoms with E-state index in [2.05, 4.69) is 243 Å². The first-order valence-electron chi connectivity index (χ1n) is 22.6. The van der Waals surface area contributed by atoms with Crippen LogP contribution in [0.1, 0.15) is 0 Å². The number of nitrogens with zero attached hydrogens (tertiary/aromatic N) is 5. The Morgan fingerprint density at radius 2 is 0.788 bits per heavy atom. The first-order valence-corrected chi connectivity index (χ1v) is 22.6. The van der Waals surface area contributed by atoms with Crippen LogP contribution in [-0.4, -0.2) is 13.8 Å². The van der Waals surface area contributed by atoms with E-state index in [4.69, 9.17) is 4.98 Å². The van der Waals surface area contributed by atoms with Gasteiger partial charge in [0.2, 0.25) is 0 Å². The second kappa shape index (κ2) is 13.3. The van der Waals surface area contributed by atoms with Gasteiger partial charge in [0.1, 0.15) is 5.65 Å². The van der Waals surface area contributed by atoms with Crippen molar-refractivity contribution in [2.75, 3.05) is 9.80 Å². The highest BCUT2D eigenvalue weighted by molar-refractivity contribution is 6.34. The van der Waals surface area contributed by atoms with Crippen molar-refractivity contribution in [2.45, 2.75) is 0 Å². The molecule has 10 aromatic carbocycles. The lowest BCUT2D eigenvalue weighted by Gasteiger charge is -2.28. The molecule has 5 nitrogen and oxygen atoms in total. The molecule has 0 saturated heterocycles. The molecule has 0 atom stereocenters. The van der Waals surface area contributed by atoms with Crippen molar-refractivity contribution in [2.24, 2.45) is 0 Å². The smallest absolute Gasteiger partial charge is 0.146 e. The molecule has 0 aliphatic carbocycles. The van der Waals surface area contributed by atoms with E-state index < -0.39 is 0 Å². The van der Waals surface area contributed by atoms with Crippen LogP contribution in [0.15, 0.2) is 224 Å². The highest BCUT2D eigenvalue weighted by Gasteiger charge is 2.29. The standard InChI is InChI=1S/C61H37N5/c1-5-21-40(22-6-1)63(41-23-7-2-8-24-41)52-34-18-33-47-49-35-38-19-13-15-29-44(38)54-55-53(65(57(47)52)58(49)54)37-51-48-32-17-31-46-50-36-39-20-14-16-30-45(39)59(60(50)66(56(46)48)61(51)62-55)64(42-25-9-3-10-26-42)43-27-11-4-12-28-43/h1-37H. The van der Waals surface area contributed by atoms with E-state index in [9.17, 15) is 0 Å². The average molecular weight is 840 g/mol. The number of anilines is 6. The molecule has 5 aromatic heterocycles. The molecule has 5 heterocycles. The Balaban J connectivity index is 1.14. The monoisotopic (exact) mass is 839 g/mol. The summed E-state index contributed by atoms with van der Waals surface area (Å²) in [6, 6.07) is 81.6. The Hall–Kier alpha value is -8.93. The van der Waals surface area contributed by atoms with Gasteiger partial charge < -0.3 is 14.2 Å². The summed E-state index contributed by atoms with van der Waals surface area (Å²) in [4.78, 5) is 10.8. The Morgan fingerprint density at radius 1 is 0.318 bits per heavy atom. The molecule has 306 valence electrons. The third-order valence-corrected chi connectivity index (χ3v) is 14.0. The molecule has 15 aromatic rings. The van der Waals surface area contributed by atoms with Crippen LogP contribution >= 0.6 is 0 Å². The highest BCUT2D eigenvalue weighted by atomic mass is 15.2. The normalized spacial score (nSPS) is 12.2. The van der Waals surface area contributed by atoms with Crippen molar-refractivity contribution in [1.29, 1.82) is 0 Å². The molecule has 0 bridgehead atoms. The number of benzene rings is 10. The third-order valence-electron chi connectivity index (χ3n) is 14.0. The van der Waals surface area contributed by atoms with E-state index in [1.54, 1.807) is 0 Å². The number of fused-ring (bicyclic) bond motifs is 15. The molecular formula is C61H37N5. The topological polar surface area (TPSA) is 28.2 Å². The van der Waals surface area contributed by atoms with Gasteiger partial charge in [-0.2, -0.15) is 0 Å². The second-order valence-electron chi connectivity index (χ2n) is 17.5. The number of rotatable bonds is 6. The van der Waals surface area contributed by atoms with Gasteiger partial charge >= 0.3 is 0 Å². The van der Waals surface area contributed by atoms with Crippen LogP contribution in [-0.2, 0) is 0 Å². The zero-order chi connectivity index (χ0) is 43.0.